The van der Waals surface area contributed by atoms with E-state index in [1.807, 2.05) is 72.8 Å². The Morgan fingerprint density at radius 1 is 0.886 bits per heavy atom. The van der Waals surface area contributed by atoms with Crippen LogP contribution in [0.25, 0.3) is 16.8 Å². The van der Waals surface area contributed by atoms with E-state index >= 15 is 0 Å². The quantitative estimate of drug-likeness (QED) is 0.354. The number of nitrogens with one attached hydrogen (secondary N) is 4. The van der Waals surface area contributed by atoms with Crippen LogP contribution in [0.4, 0.5) is 0 Å². The normalized spacial score (nSPS) is 22.3. The van der Waals surface area contributed by atoms with Gasteiger partial charge in [-0.15, -0.1) is 0 Å². The highest BCUT2D eigenvalue weighted by Crippen LogP contribution is 2.31. The Bertz CT molecular complexity index is 1490. The van der Waals surface area contributed by atoms with Crippen LogP contribution in [-0.4, -0.2) is 55.0 Å². The van der Waals surface area contributed by atoms with Crippen LogP contribution < -0.4 is 26.0 Å². The smallest absolute Gasteiger partial charge is 0.246 e. The highest BCUT2D eigenvalue weighted by Gasteiger charge is 2.44. The molecule has 3 amide bonds. The van der Waals surface area contributed by atoms with Gasteiger partial charge in [-0.2, -0.15) is 0 Å². The standard InChI is InChI=1S/C36H44N4O4/c1-25(2)22-30-34(42)40-36(17-7-8-18-36)35(43)39-31(24-26-15-16-27-10-3-4-12-29(27)23-26)33(41)38-19-9-13-28-11-5-6-14-32(28)44-21-20-37-30/h3-6,9-16,23,25,30-31,37H,7-8,17-22,24H2,1-2H3,(H,38,41)(H,39,43)(H,40,42)/b13-9-/t30-,31-/m0/s1. The molecule has 1 saturated carbocycles. The van der Waals surface area contributed by atoms with Crippen molar-refractivity contribution in [2.45, 2.75) is 70.0 Å². The second-order valence-electron chi connectivity index (χ2n) is 12.4. The number of carbonyl (C=O) groups excluding carboxylic acids is 3. The van der Waals surface area contributed by atoms with Crippen LogP contribution in [0.5, 0.6) is 5.75 Å². The van der Waals surface area contributed by atoms with E-state index in [0.717, 1.165) is 40.5 Å². The third-order valence-electron chi connectivity index (χ3n) is 8.51. The van der Waals surface area contributed by atoms with E-state index in [2.05, 4.69) is 41.2 Å². The summed E-state index contributed by atoms with van der Waals surface area (Å²) in [4.78, 5) is 41.4. The SMILES string of the molecule is CC(C)C[C@@H]1NCCOc2ccccc2/C=C\CNC(=O)[C@H](Cc2ccc3ccccc3c2)NC(=O)C2(CCCC2)NC1=O. The number of hydrogen-bond donors (Lipinski definition) is 4. The molecule has 0 radical (unpaired) electrons. The number of benzene rings is 3. The number of amides is 3. The van der Waals surface area contributed by atoms with E-state index in [9.17, 15) is 14.4 Å². The van der Waals surface area contributed by atoms with E-state index in [1.165, 1.54) is 0 Å². The van der Waals surface area contributed by atoms with Gasteiger partial charge in [-0.1, -0.05) is 99.5 Å². The van der Waals surface area contributed by atoms with Gasteiger partial charge < -0.3 is 26.0 Å². The number of fused-ring (bicyclic) bond motifs is 2. The van der Waals surface area contributed by atoms with E-state index in [4.69, 9.17) is 4.74 Å². The fraction of sp³-hybridized carbons (Fsp3) is 0.417. The van der Waals surface area contributed by atoms with Crippen LogP contribution in [0.1, 0.15) is 57.1 Å². The third-order valence-corrected chi connectivity index (χ3v) is 8.51. The first-order valence-electron chi connectivity index (χ1n) is 15.8. The summed E-state index contributed by atoms with van der Waals surface area (Å²) in [5.41, 5.74) is 0.776. The molecular formula is C36H44N4O4. The molecule has 232 valence electrons. The summed E-state index contributed by atoms with van der Waals surface area (Å²) in [5.74, 6) is 0.221. The molecule has 0 saturated heterocycles. The van der Waals surface area contributed by atoms with Crippen LogP contribution in [0.3, 0.4) is 0 Å². The van der Waals surface area contributed by atoms with Gasteiger partial charge in [-0.05, 0) is 47.6 Å². The van der Waals surface area contributed by atoms with Gasteiger partial charge in [-0.3, -0.25) is 14.4 Å². The van der Waals surface area contributed by atoms with Crippen molar-refractivity contribution >= 4 is 34.6 Å². The van der Waals surface area contributed by atoms with Crippen LogP contribution in [0, 0.1) is 5.92 Å². The summed E-state index contributed by atoms with van der Waals surface area (Å²) in [5, 5.41) is 14.7. The molecule has 1 spiro atoms. The van der Waals surface area contributed by atoms with Gasteiger partial charge >= 0.3 is 0 Å². The summed E-state index contributed by atoms with van der Waals surface area (Å²) in [7, 11) is 0. The highest BCUT2D eigenvalue weighted by atomic mass is 16.5. The Morgan fingerprint density at radius 3 is 2.43 bits per heavy atom. The first kappa shape index (κ1) is 31.3. The van der Waals surface area contributed by atoms with Gasteiger partial charge in [0, 0.05) is 25.1 Å². The van der Waals surface area contributed by atoms with Crippen molar-refractivity contribution in [2.75, 3.05) is 19.7 Å². The van der Waals surface area contributed by atoms with E-state index < -0.39 is 17.6 Å². The second kappa shape index (κ2) is 14.5. The number of rotatable bonds is 4. The van der Waals surface area contributed by atoms with Gasteiger partial charge in [0.1, 0.15) is 23.9 Å². The molecule has 1 heterocycles. The number of carbonyl (C=O) groups is 3. The molecule has 0 bridgehead atoms. The Morgan fingerprint density at radius 2 is 1.64 bits per heavy atom. The fourth-order valence-corrected chi connectivity index (χ4v) is 6.18. The molecule has 3 aromatic carbocycles. The predicted molar refractivity (Wildman–Crippen MR) is 174 cm³/mol. The maximum atomic E-state index is 14.0. The maximum Gasteiger partial charge on any atom is 0.246 e. The van der Waals surface area contributed by atoms with Crippen LogP contribution in [0.15, 0.2) is 72.8 Å². The van der Waals surface area contributed by atoms with Gasteiger partial charge in [0.05, 0.1) is 6.04 Å². The Hall–Kier alpha value is -4.17. The highest BCUT2D eigenvalue weighted by molar-refractivity contribution is 5.96. The minimum absolute atomic E-state index is 0.198. The Kier molecular flexibility index (Phi) is 10.3. The van der Waals surface area contributed by atoms with Crippen molar-refractivity contribution < 1.29 is 19.1 Å². The maximum absolute atomic E-state index is 14.0. The molecule has 1 aliphatic heterocycles. The lowest BCUT2D eigenvalue weighted by Gasteiger charge is -2.33. The number of ether oxygens (including phenoxy) is 1. The molecule has 1 aliphatic carbocycles. The zero-order valence-electron chi connectivity index (χ0n) is 25.7. The summed E-state index contributed by atoms with van der Waals surface area (Å²) in [6.45, 7) is 5.30. The van der Waals surface area contributed by atoms with E-state index in [0.29, 0.717) is 38.8 Å². The summed E-state index contributed by atoms with van der Waals surface area (Å²) in [6, 6.07) is 20.6. The Balaban J connectivity index is 1.44. The van der Waals surface area contributed by atoms with Crippen molar-refractivity contribution in [1.29, 1.82) is 0 Å². The van der Waals surface area contributed by atoms with Crippen molar-refractivity contribution in [3.05, 3.63) is 83.9 Å². The summed E-state index contributed by atoms with van der Waals surface area (Å²) >= 11 is 0. The molecule has 3 aromatic rings. The second-order valence-corrected chi connectivity index (χ2v) is 12.4. The van der Waals surface area contributed by atoms with Gasteiger partial charge in [-0.25, -0.2) is 0 Å². The molecule has 2 aliphatic rings. The lowest BCUT2D eigenvalue weighted by atomic mass is 9.93. The van der Waals surface area contributed by atoms with Gasteiger partial charge in [0.2, 0.25) is 17.7 Å². The van der Waals surface area contributed by atoms with Crippen LogP contribution >= 0.6 is 0 Å². The van der Waals surface area contributed by atoms with Gasteiger partial charge in [0.25, 0.3) is 0 Å². The van der Waals surface area contributed by atoms with Crippen molar-refractivity contribution in [3.63, 3.8) is 0 Å². The van der Waals surface area contributed by atoms with Crippen molar-refractivity contribution in [2.24, 2.45) is 5.92 Å². The van der Waals surface area contributed by atoms with Crippen LogP contribution in [-0.2, 0) is 20.8 Å². The zero-order valence-corrected chi connectivity index (χ0v) is 25.7. The zero-order chi connectivity index (χ0) is 30.9. The average Bonchev–Trinajstić information content (AvgIpc) is 3.50. The minimum Gasteiger partial charge on any atom is -0.492 e. The molecule has 5 rings (SSSR count). The van der Waals surface area contributed by atoms with Crippen LogP contribution in [0.2, 0.25) is 0 Å². The molecule has 1 fully saturated rings. The average molecular weight is 597 g/mol. The lowest BCUT2D eigenvalue weighted by molar-refractivity contribution is -0.136. The minimum atomic E-state index is -1.06. The largest absolute Gasteiger partial charge is 0.492 e. The summed E-state index contributed by atoms with van der Waals surface area (Å²) < 4.78 is 6.07. The molecule has 4 N–H and O–H groups in total. The van der Waals surface area contributed by atoms with Crippen molar-refractivity contribution in [1.82, 2.24) is 21.3 Å². The summed E-state index contributed by atoms with van der Waals surface area (Å²) in [6.07, 6.45) is 7.47. The molecule has 8 heteroatoms. The monoisotopic (exact) mass is 596 g/mol. The molecule has 44 heavy (non-hydrogen) atoms. The van der Waals surface area contributed by atoms with Crippen molar-refractivity contribution in [3.8, 4) is 5.75 Å². The predicted octanol–water partition coefficient (Wildman–Crippen LogP) is 4.52. The first-order valence-corrected chi connectivity index (χ1v) is 15.8. The topological polar surface area (TPSA) is 109 Å². The van der Waals surface area contributed by atoms with E-state index in [-0.39, 0.29) is 30.2 Å². The Labute approximate surface area is 260 Å². The first-order chi connectivity index (χ1) is 21.3. The van der Waals surface area contributed by atoms with Gasteiger partial charge in [0.15, 0.2) is 0 Å². The fourth-order valence-electron chi connectivity index (χ4n) is 6.18. The molecule has 0 aromatic heterocycles. The van der Waals surface area contributed by atoms with E-state index in [1.54, 1.807) is 0 Å². The third kappa shape index (κ3) is 7.85. The number of para-hydroxylation sites is 1. The molecule has 8 nitrogen and oxygen atoms in total. The number of hydrogen-bond acceptors (Lipinski definition) is 5. The molecular weight excluding hydrogens is 552 g/mol. The molecule has 0 unspecified atom stereocenters. The molecule has 2 atom stereocenters. The lowest BCUT2D eigenvalue weighted by Crippen LogP contribution is -2.63.